The van der Waals surface area contributed by atoms with Gasteiger partial charge in [0.25, 0.3) is 5.69 Å². The van der Waals surface area contributed by atoms with E-state index in [2.05, 4.69) is 15.9 Å². The lowest BCUT2D eigenvalue weighted by Crippen LogP contribution is -1.89. The van der Waals surface area contributed by atoms with Crippen LogP contribution in [0.25, 0.3) is 5.57 Å². The number of nitro groups is 1. The van der Waals surface area contributed by atoms with Crippen LogP contribution in [-0.4, -0.2) is 10.3 Å². The molecule has 1 aromatic carbocycles. The number of rotatable bonds is 3. The molecule has 1 aromatic rings. The molecule has 0 aliphatic carbocycles. The molecule has 0 N–H and O–H groups in total. The number of non-ortho nitro benzene ring substituents is 1. The molecule has 0 saturated carbocycles. The second kappa shape index (κ2) is 4.91. The van der Waals surface area contributed by atoms with Gasteiger partial charge in [0.1, 0.15) is 0 Å². The van der Waals surface area contributed by atoms with E-state index < -0.39 is 0 Å². The van der Waals surface area contributed by atoms with Gasteiger partial charge >= 0.3 is 0 Å². The molecule has 4 heteroatoms. The molecular formula is C10H10BrNO2. The van der Waals surface area contributed by atoms with Crippen molar-refractivity contribution in [3.05, 3.63) is 46.0 Å². The van der Waals surface area contributed by atoms with Crippen molar-refractivity contribution in [2.24, 2.45) is 0 Å². The molecule has 0 atom stereocenters. The molecule has 0 spiro atoms. The van der Waals surface area contributed by atoms with Gasteiger partial charge in [-0.25, -0.2) is 0 Å². The van der Waals surface area contributed by atoms with Gasteiger partial charge in [0, 0.05) is 17.5 Å². The van der Waals surface area contributed by atoms with Gasteiger partial charge in [-0.3, -0.25) is 10.1 Å². The summed E-state index contributed by atoms with van der Waals surface area (Å²) >= 11 is 3.28. The highest BCUT2D eigenvalue weighted by atomic mass is 79.9. The van der Waals surface area contributed by atoms with Gasteiger partial charge in [0.05, 0.1) is 4.92 Å². The molecule has 0 radical (unpaired) electrons. The Labute approximate surface area is 90.7 Å². The van der Waals surface area contributed by atoms with Gasteiger partial charge in [-0.05, 0) is 18.1 Å². The van der Waals surface area contributed by atoms with Crippen LogP contribution in [0.2, 0.25) is 0 Å². The minimum absolute atomic E-state index is 0.129. The monoisotopic (exact) mass is 255 g/mol. The van der Waals surface area contributed by atoms with Crippen LogP contribution in [0.15, 0.2) is 30.3 Å². The Morgan fingerprint density at radius 2 is 2.36 bits per heavy atom. The third kappa shape index (κ3) is 2.67. The molecule has 0 aromatic heterocycles. The number of hydrogen-bond acceptors (Lipinski definition) is 2. The summed E-state index contributed by atoms with van der Waals surface area (Å²) < 4.78 is 0. The van der Waals surface area contributed by atoms with Crippen molar-refractivity contribution in [2.75, 3.05) is 5.33 Å². The maximum absolute atomic E-state index is 10.5. The number of benzene rings is 1. The fourth-order valence-electron chi connectivity index (χ4n) is 1.10. The average molecular weight is 256 g/mol. The fourth-order valence-corrected chi connectivity index (χ4v) is 1.58. The van der Waals surface area contributed by atoms with Gasteiger partial charge in [-0.1, -0.05) is 34.1 Å². The number of hydrogen-bond donors (Lipinski definition) is 0. The van der Waals surface area contributed by atoms with E-state index in [1.807, 2.05) is 19.1 Å². The van der Waals surface area contributed by atoms with Gasteiger partial charge in [0.15, 0.2) is 0 Å². The Morgan fingerprint density at radius 3 is 2.93 bits per heavy atom. The van der Waals surface area contributed by atoms with Crippen LogP contribution in [-0.2, 0) is 0 Å². The van der Waals surface area contributed by atoms with Crippen molar-refractivity contribution in [2.45, 2.75) is 6.92 Å². The molecule has 1 rings (SSSR count). The molecule has 0 aliphatic rings. The third-order valence-electron chi connectivity index (χ3n) is 1.90. The summed E-state index contributed by atoms with van der Waals surface area (Å²) in [5.41, 5.74) is 2.05. The molecule has 74 valence electrons. The molecule has 0 fully saturated rings. The van der Waals surface area contributed by atoms with Crippen molar-refractivity contribution >= 4 is 27.2 Å². The highest BCUT2D eigenvalue weighted by Gasteiger charge is 2.05. The number of nitro benzene ring substituents is 1. The lowest BCUT2D eigenvalue weighted by molar-refractivity contribution is -0.384. The Kier molecular flexibility index (Phi) is 3.83. The SMILES string of the molecule is C/C(=C\CBr)c1cccc([N+](=O)[O-])c1. The lowest BCUT2D eigenvalue weighted by Gasteiger charge is -2.00. The van der Waals surface area contributed by atoms with E-state index in [9.17, 15) is 10.1 Å². The normalized spacial score (nSPS) is 11.4. The number of nitrogens with zero attached hydrogens (tertiary/aromatic N) is 1. The van der Waals surface area contributed by atoms with E-state index >= 15 is 0 Å². The first-order valence-electron chi connectivity index (χ1n) is 4.12. The Balaban J connectivity index is 3.05. The van der Waals surface area contributed by atoms with Crippen LogP contribution < -0.4 is 0 Å². The van der Waals surface area contributed by atoms with Gasteiger partial charge < -0.3 is 0 Å². The first kappa shape index (κ1) is 10.9. The average Bonchev–Trinajstić information content (AvgIpc) is 2.18. The lowest BCUT2D eigenvalue weighted by atomic mass is 10.1. The van der Waals surface area contributed by atoms with Crippen LogP contribution >= 0.6 is 15.9 Å². The van der Waals surface area contributed by atoms with Gasteiger partial charge in [-0.15, -0.1) is 0 Å². The summed E-state index contributed by atoms with van der Waals surface area (Å²) in [7, 11) is 0. The predicted molar refractivity (Wildman–Crippen MR) is 60.5 cm³/mol. The molecule has 0 aliphatic heterocycles. The molecule has 14 heavy (non-hydrogen) atoms. The van der Waals surface area contributed by atoms with Crippen molar-refractivity contribution in [3.8, 4) is 0 Å². The minimum atomic E-state index is -0.384. The second-order valence-electron chi connectivity index (χ2n) is 2.85. The van der Waals surface area contributed by atoms with Crippen molar-refractivity contribution in [3.63, 3.8) is 0 Å². The van der Waals surface area contributed by atoms with Crippen molar-refractivity contribution in [1.82, 2.24) is 0 Å². The maximum atomic E-state index is 10.5. The smallest absolute Gasteiger partial charge is 0.258 e. The van der Waals surface area contributed by atoms with E-state index in [4.69, 9.17) is 0 Å². The van der Waals surface area contributed by atoms with Crippen LogP contribution in [0, 0.1) is 10.1 Å². The van der Waals surface area contributed by atoms with Gasteiger partial charge in [-0.2, -0.15) is 0 Å². The zero-order valence-corrected chi connectivity index (χ0v) is 9.32. The second-order valence-corrected chi connectivity index (χ2v) is 3.50. The van der Waals surface area contributed by atoms with Crippen LogP contribution in [0.5, 0.6) is 0 Å². The molecule has 0 bridgehead atoms. The van der Waals surface area contributed by atoms with Crippen molar-refractivity contribution < 1.29 is 4.92 Å². The van der Waals surface area contributed by atoms with Crippen LogP contribution in [0.3, 0.4) is 0 Å². The third-order valence-corrected chi connectivity index (χ3v) is 2.22. The maximum Gasteiger partial charge on any atom is 0.270 e. The summed E-state index contributed by atoms with van der Waals surface area (Å²) in [6.45, 7) is 1.93. The first-order valence-corrected chi connectivity index (χ1v) is 5.25. The van der Waals surface area contributed by atoms with Crippen LogP contribution in [0.4, 0.5) is 5.69 Å². The minimum Gasteiger partial charge on any atom is -0.258 e. The summed E-state index contributed by atoms with van der Waals surface area (Å²) in [5.74, 6) is 0. The highest BCUT2D eigenvalue weighted by molar-refractivity contribution is 9.09. The first-order chi connectivity index (χ1) is 6.65. The Bertz CT molecular complexity index is 374. The topological polar surface area (TPSA) is 43.1 Å². The molecule has 0 heterocycles. The Hall–Kier alpha value is -1.16. The van der Waals surface area contributed by atoms with E-state index in [0.29, 0.717) is 0 Å². The highest BCUT2D eigenvalue weighted by Crippen LogP contribution is 2.19. The van der Waals surface area contributed by atoms with Gasteiger partial charge in [0.2, 0.25) is 0 Å². The molecular weight excluding hydrogens is 246 g/mol. The molecule has 3 nitrogen and oxygen atoms in total. The quantitative estimate of drug-likeness (QED) is 0.472. The Morgan fingerprint density at radius 1 is 1.64 bits per heavy atom. The molecule has 0 amide bonds. The number of allylic oxidation sites excluding steroid dienone is 2. The summed E-state index contributed by atoms with van der Waals surface area (Å²) in [6.07, 6.45) is 1.97. The number of alkyl halides is 1. The number of halogens is 1. The standard InChI is InChI=1S/C10H10BrNO2/c1-8(5-6-11)9-3-2-4-10(7-9)12(13)14/h2-5,7H,6H2,1H3/b8-5+. The van der Waals surface area contributed by atoms with Crippen LogP contribution in [0.1, 0.15) is 12.5 Å². The van der Waals surface area contributed by atoms with Crippen molar-refractivity contribution in [1.29, 1.82) is 0 Å². The predicted octanol–water partition coefficient (Wildman–Crippen LogP) is 3.39. The molecule has 0 unspecified atom stereocenters. The largest absolute Gasteiger partial charge is 0.270 e. The van der Waals surface area contributed by atoms with E-state index in [0.717, 1.165) is 16.5 Å². The zero-order chi connectivity index (χ0) is 10.6. The fraction of sp³-hybridized carbons (Fsp3) is 0.200. The van der Waals surface area contributed by atoms with E-state index in [1.54, 1.807) is 12.1 Å². The summed E-state index contributed by atoms with van der Waals surface area (Å²) in [5, 5.41) is 11.3. The molecule has 0 saturated heterocycles. The van der Waals surface area contributed by atoms with E-state index in [1.165, 1.54) is 6.07 Å². The summed E-state index contributed by atoms with van der Waals surface area (Å²) in [6, 6.07) is 6.62. The summed E-state index contributed by atoms with van der Waals surface area (Å²) in [4.78, 5) is 10.1. The van der Waals surface area contributed by atoms with E-state index in [-0.39, 0.29) is 10.6 Å². The zero-order valence-electron chi connectivity index (χ0n) is 7.74.